The second-order valence-electron chi connectivity index (χ2n) is 25.6. The van der Waals surface area contributed by atoms with Crippen LogP contribution in [0.3, 0.4) is 0 Å². The van der Waals surface area contributed by atoms with Crippen LogP contribution in [0.15, 0.2) is 0 Å². The summed E-state index contributed by atoms with van der Waals surface area (Å²) >= 11 is 0. The van der Waals surface area contributed by atoms with E-state index in [1.54, 1.807) is 0 Å². The average molecular weight is 1120 g/mol. The highest BCUT2D eigenvalue weighted by Gasteiger charge is 2.20. The lowest BCUT2D eigenvalue weighted by Crippen LogP contribution is -2.45. The van der Waals surface area contributed by atoms with Gasteiger partial charge in [0, 0.05) is 12.8 Å². The lowest BCUT2D eigenvalue weighted by atomic mass is 10.0. The maximum absolute atomic E-state index is 12.5. The quantitative estimate of drug-likeness (QED) is 0.0417. The number of unbranched alkanes of at least 4 members (excludes halogenated alkanes) is 59. The summed E-state index contributed by atoms with van der Waals surface area (Å²) in [5.41, 5.74) is 0. The molecule has 0 fully saturated rings. The molecule has 1 amide bonds. The van der Waals surface area contributed by atoms with Crippen LogP contribution in [-0.2, 0) is 14.3 Å². The van der Waals surface area contributed by atoms with Gasteiger partial charge in [0.15, 0.2) is 0 Å². The van der Waals surface area contributed by atoms with E-state index in [4.69, 9.17) is 4.74 Å². The molecule has 0 saturated carbocycles. The summed E-state index contributed by atoms with van der Waals surface area (Å²) in [4.78, 5) is 24.6. The Morgan fingerprint density at radius 1 is 0.304 bits per heavy atom. The summed E-state index contributed by atoms with van der Waals surface area (Å²) in [5.74, 6) is -0.00292. The van der Waals surface area contributed by atoms with Crippen molar-refractivity contribution < 1.29 is 24.5 Å². The number of nitrogens with one attached hydrogen (secondary N) is 1. The number of rotatable bonds is 70. The fourth-order valence-corrected chi connectivity index (χ4v) is 12.1. The number of aliphatic hydroxyl groups is 2. The van der Waals surface area contributed by atoms with Gasteiger partial charge in [-0.1, -0.05) is 393 Å². The van der Waals surface area contributed by atoms with E-state index in [1.807, 2.05) is 0 Å². The fourth-order valence-electron chi connectivity index (χ4n) is 12.1. The van der Waals surface area contributed by atoms with Gasteiger partial charge in [-0.15, -0.1) is 0 Å². The first-order chi connectivity index (χ1) is 39.0. The van der Waals surface area contributed by atoms with Gasteiger partial charge < -0.3 is 20.3 Å². The van der Waals surface area contributed by atoms with Crippen LogP contribution in [0.5, 0.6) is 0 Å². The van der Waals surface area contributed by atoms with Gasteiger partial charge >= 0.3 is 5.97 Å². The first-order valence-electron chi connectivity index (χ1n) is 36.8. The molecule has 472 valence electrons. The lowest BCUT2D eigenvalue weighted by Gasteiger charge is -2.22. The van der Waals surface area contributed by atoms with Crippen molar-refractivity contribution in [3.05, 3.63) is 0 Å². The van der Waals surface area contributed by atoms with Gasteiger partial charge in [-0.3, -0.25) is 9.59 Å². The van der Waals surface area contributed by atoms with Crippen molar-refractivity contribution in [2.45, 2.75) is 443 Å². The highest BCUT2D eigenvalue weighted by Crippen LogP contribution is 2.20. The number of hydrogen-bond acceptors (Lipinski definition) is 5. The lowest BCUT2D eigenvalue weighted by molar-refractivity contribution is -0.143. The van der Waals surface area contributed by atoms with Crippen molar-refractivity contribution in [1.82, 2.24) is 5.32 Å². The zero-order valence-electron chi connectivity index (χ0n) is 54.2. The van der Waals surface area contributed by atoms with E-state index in [-0.39, 0.29) is 18.5 Å². The zero-order valence-corrected chi connectivity index (χ0v) is 54.2. The van der Waals surface area contributed by atoms with Crippen molar-refractivity contribution in [3.63, 3.8) is 0 Å². The van der Waals surface area contributed by atoms with Crippen LogP contribution < -0.4 is 5.32 Å². The van der Waals surface area contributed by atoms with Crippen LogP contribution >= 0.6 is 0 Å². The molecule has 0 aromatic heterocycles. The number of carbonyl (C=O) groups excluding carboxylic acids is 2. The predicted octanol–water partition coefficient (Wildman–Crippen LogP) is 23.8. The van der Waals surface area contributed by atoms with E-state index in [1.165, 1.54) is 360 Å². The minimum Gasteiger partial charge on any atom is -0.466 e. The topological polar surface area (TPSA) is 95.9 Å². The number of aliphatic hydroxyl groups excluding tert-OH is 2. The SMILES string of the molecule is CCCCCCCCCCCCCCCCCCCC(=O)OCCCCCCCCCCCCCCCCCCCCCCCCCCCCCCC(=O)NC(CO)C(O)CCCCCCCCCCCCCCCCCCC. The molecule has 0 aromatic rings. The Morgan fingerprint density at radius 2 is 0.519 bits per heavy atom. The average Bonchev–Trinajstić information content (AvgIpc) is 3.45. The van der Waals surface area contributed by atoms with Gasteiger partial charge in [-0.25, -0.2) is 0 Å². The van der Waals surface area contributed by atoms with Crippen LogP contribution in [-0.4, -0.2) is 47.4 Å². The first-order valence-corrected chi connectivity index (χ1v) is 36.8. The zero-order chi connectivity index (χ0) is 57.1. The van der Waals surface area contributed by atoms with Crippen molar-refractivity contribution >= 4 is 11.9 Å². The molecule has 2 unspecified atom stereocenters. The Hall–Kier alpha value is -1.14. The van der Waals surface area contributed by atoms with Gasteiger partial charge in [-0.2, -0.15) is 0 Å². The third-order valence-corrected chi connectivity index (χ3v) is 17.7. The molecule has 0 saturated heterocycles. The van der Waals surface area contributed by atoms with Gasteiger partial charge in [0.25, 0.3) is 0 Å². The molecule has 0 aliphatic carbocycles. The summed E-state index contributed by atoms with van der Waals surface area (Å²) < 4.78 is 5.51. The van der Waals surface area contributed by atoms with Crippen LogP contribution in [0.2, 0.25) is 0 Å². The van der Waals surface area contributed by atoms with Crippen molar-refractivity contribution in [1.29, 1.82) is 0 Å². The van der Waals surface area contributed by atoms with E-state index in [9.17, 15) is 19.8 Å². The minimum atomic E-state index is -0.661. The molecule has 6 nitrogen and oxygen atoms in total. The number of esters is 1. The molecule has 0 rings (SSSR count). The Balaban J connectivity index is 3.32. The number of amides is 1. The van der Waals surface area contributed by atoms with E-state index in [0.717, 1.165) is 38.5 Å². The van der Waals surface area contributed by atoms with Crippen molar-refractivity contribution in [3.8, 4) is 0 Å². The summed E-state index contributed by atoms with van der Waals surface area (Å²) in [6.07, 6.45) is 84.5. The molecule has 0 bridgehead atoms. The van der Waals surface area contributed by atoms with E-state index < -0.39 is 12.1 Å². The maximum atomic E-state index is 12.5. The molecular formula is C73H145NO5. The largest absolute Gasteiger partial charge is 0.466 e. The van der Waals surface area contributed by atoms with Crippen LogP contribution in [0, 0.1) is 0 Å². The van der Waals surface area contributed by atoms with Crippen molar-refractivity contribution in [2.24, 2.45) is 0 Å². The van der Waals surface area contributed by atoms with E-state index in [0.29, 0.717) is 25.9 Å². The van der Waals surface area contributed by atoms with Gasteiger partial charge in [0.05, 0.1) is 25.4 Å². The highest BCUT2D eigenvalue weighted by molar-refractivity contribution is 5.76. The van der Waals surface area contributed by atoms with Crippen LogP contribution in [0.1, 0.15) is 431 Å². The smallest absolute Gasteiger partial charge is 0.305 e. The molecule has 79 heavy (non-hydrogen) atoms. The summed E-state index contributed by atoms with van der Waals surface area (Å²) in [6.45, 7) is 5.01. The summed E-state index contributed by atoms with van der Waals surface area (Å²) in [5, 5.41) is 23.4. The van der Waals surface area contributed by atoms with Crippen LogP contribution in [0.4, 0.5) is 0 Å². The third-order valence-electron chi connectivity index (χ3n) is 17.7. The van der Waals surface area contributed by atoms with Crippen LogP contribution in [0.25, 0.3) is 0 Å². The molecule has 0 heterocycles. The molecule has 3 N–H and O–H groups in total. The second kappa shape index (κ2) is 69.4. The van der Waals surface area contributed by atoms with E-state index in [2.05, 4.69) is 19.2 Å². The maximum Gasteiger partial charge on any atom is 0.305 e. The molecule has 2 atom stereocenters. The second-order valence-corrected chi connectivity index (χ2v) is 25.6. The number of carbonyl (C=O) groups is 2. The van der Waals surface area contributed by atoms with Gasteiger partial charge in [0.1, 0.15) is 0 Å². The number of ether oxygens (including phenoxy) is 1. The minimum absolute atomic E-state index is 0.0242. The first kappa shape index (κ1) is 77.9. The Kier molecular flexibility index (Phi) is 68.4. The van der Waals surface area contributed by atoms with Crippen molar-refractivity contribution in [2.75, 3.05) is 13.2 Å². The fraction of sp³-hybridized carbons (Fsp3) is 0.973. The predicted molar refractivity (Wildman–Crippen MR) is 347 cm³/mol. The Morgan fingerprint density at radius 3 is 0.772 bits per heavy atom. The molecule has 0 aliphatic rings. The standard InChI is InChI=1S/C73H145NO5/c1-3-5-7-9-11-13-15-17-19-33-37-41-45-49-53-57-61-65-71(76)70(69-75)74-72(77)66-62-58-54-50-46-42-38-35-31-29-27-25-23-21-22-24-26-28-30-32-36-40-44-48-52-56-60-64-68-79-73(78)67-63-59-55-51-47-43-39-34-20-18-16-14-12-10-8-6-4-2/h70-71,75-76H,3-69H2,1-2H3,(H,74,77). The highest BCUT2D eigenvalue weighted by atomic mass is 16.5. The molecule has 6 heteroatoms. The Labute approximate surface area is 496 Å². The summed E-state index contributed by atoms with van der Waals surface area (Å²) in [6, 6.07) is -0.538. The van der Waals surface area contributed by atoms with Gasteiger partial charge in [0.2, 0.25) is 5.91 Å². The molecular weight excluding hydrogens is 971 g/mol. The Bertz CT molecular complexity index is 1150. The third kappa shape index (κ3) is 65.9. The molecule has 0 spiro atoms. The normalized spacial score (nSPS) is 12.4. The molecule has 0 aliphatic heterocycles. The molecule has 0 radical (unpaired) electrons. The molecule has 0 aromatic carbocycles. The summed E-state index contributed by atoms with van der Waals surface area (Å²) in [7, 11) is 0. The van der Waals surface area contributed by atoms with Gasteiger partial charge in [-0.05, 0) is 25.7 Å². The van der Waals surface area contributed by atoms with E-state index >= 15 is 0 Å². The number of hydrogen-bond donors (Lipinski definition) is 3. The monoisotopic (exact) mass is 1120 g/mol.